The first-order valence-corrected chi connectivity index (χ1v) is 32.7. The molecule has 0 bridgehead atoms. The number of hydrogen-bond donors (Lipinski definition) is 7. The van der Waals surface area contributed by atoms with Gasteiger partial charge >= 0.3 is 53.4 Å². The number of nitrogens with two attached hydrogens (primary N) is 4. The number of nitrogens with zero attached hydrogens (tertiary/aromatic N) is 4. The number of aromatic nitrogens is 4. The van der Waals surface area contributed by atoms with Crippen LogP contribution in [0.3, 0.4) is 0 Å². The number of fused-ring (bicyclic) bond motifs is 4. The van der Waals surface area contributed by atoms with Gasteiger partial charge in [-0.15, -0.1) is 11.8 Å². The van der Waals surface area contributed by atoms with Crippen LogP contribution in [0.4, 0.5) is 0 Å². The van der Waals surface area contributed by atoms with Crippen LogP contribution in [0.5, 0.6) is 23.0 Å². The molecule has 0 spiro atoms. The number of primary amides is 4. The van der Waals surface area contributed by atoms with Crippen LogP contribution in [0.25, 0.3) is 43.6 Å². The number of carboxylic acid groups (broad SMARTS) is 2. The molecule has 0 radical (unpaired) electrons. The van der Waals surface area contributed by atoms with Gasteiger partial charge < -0.3 is 97.3 Å². The maximum atomic E-state index is 12.8. The van der Waals surface area contributed by atoms with Crippen LogP contribution in [0.15, 0.2) is 72.8 Å². The van der Waals surface area contributed by atoms with Crippen molar-refractivity contribution in [1.82, 2.24) is 18.3 Å². The van der Waals surface area contributed by atoms with Gasteiger partial charge in [0.25, 0.3) is 46.8 Å². The van der Waals surface area contributed by atoms with Crippen molar-refractivity contribution in [3.05, 3.63) is 118 Å². The first-order valence-electron chi connectivity index (χ1n) is 29.4. The molecular formula is C66H72BrN8NaO21S3. The number of ether oxygens (including phenoxy) is 6. The van der Waals surface area contributed by atoms with Crippen LogP contribution >= 0.6 is 40.3 Å². The van der Waals surface area contributed by atoms with Crippen LogP contribution in [0.1, 0.15) is 113 Å². The van der Waals surface area contributed by atoms with E-state index in [9.17, 15) is 62.3 Å². The first-order chi connectivity index (χ1) is 46.2. The van der Waals surface area contributed by atoms with E-state index in [-0.39, 0.29) is 104 Å². The molecule has 0 fully saturated rings. The summed E-state index contributed by atoms with van der Waals surface area (Å²) in [6, 6.07) is 19.8. The summed E-state index contributed by atoms with van der Waals surface area (Å²) in [4.78, 5) is 152. The Balaban J connectivity index is 0.000000323. The number of carbonyl (C=O) groups is 13. The number of alkyl halides is 1. The van der Waals surface area contributed by atoms with Crippen molar-refractivity contribution in [3.63, 3.8) is 0 Å². The average molecular weight is 1510 g/mol. The van der Waals surface area contributed by atoms with E-state index < -0.39 is 95.1 Å². The van der Waals surface area contributed by atoms with Gasteiger partial charge in [0.15, 0.2) is 26.4 Å². The number of carboxylic acids is 2. The van der Waals surface area contributed by atoms with Gasteiger partial charge in [-0.3, -0.25) is 38.4 Å². The second-order valence-electron chi connectivity index (χ2n) is 23.3. The molecule has 8 aromatic rings. The minimum absolute atomic E-state index is 0. The number of Topliss-reactive ketones (excluding diaryl/α,β-unsaturated/α-hetero) is 4. The molecule has 4 aromatic heterocycles. The summed E-state index contributed by atoms with van der Waals surface area (Å²) in [5, 5.41) is 19.2. The Morgan fingerprint density at radius 1 is 0.460 bits per heavy atom. The Hall–Kier alpha value is -9.25. The second-order valence-corrected chi connectivity index (χ2v) is 25.5. The number of thioether (sulfide) groups is 1. The van der Waals surface area contributed by atoms with E-state index in [1.807, 2.05) is 4.57 Å². The van der Waals surface area contributed by atoms with Gasteiger partial charge in [-0.25, -0.2) is 19.2 Å². The minimum Gasteiger partial charge on any atom is -0.742 e. The van der Waals surface area contributed by atoms with E-state index in [4.69, 9.17) is 61.6 Å². The molecule has 0 aliphatic rings. The van der Waals surface area contributed by atoms with Gasteiger partial charge in [0, 0.05) is 27.9 Å². The van der Waals surface area contributed by atoms with Crippen LogP contribution in [-0.2, 0) is 88.3 Å². The van der Waals surface area contributed by atoms with Gasteiger partial charge in [0.1, 0.15) is 34.2 Å². The summed E-state index contributed by atoms with van der Waals surface area (Å²) < 4.78 is 39.5. The van der Waals surface area contributed by atoms with E-state index in [1.54, 1.807) is 144 Å². The molecule has 0 saturated heterocycles. The van der Waals surface area contributed by atoms with Gasteiger partial charge in [-0.2, -0.15) is 12.6 Å². The third kappa shape index (κ3) is 20.5. The molecule has 528 valence electrons. The molecule has 0 atom stereocenters. The standard InChI is InChI=1S/C28H26N4O10S.C18H21BrN2O5.C18H22N2O5S.C2H4OS.Na/c1-13-21(25(37)27(29)39)23-15(5-3-7-17(23)41-9-19(33)34)31(13)11-43-12-32-14(2)22(26(38)28(30)40)24-16(32)6-4-8-18(24)42-10-20(35)36;1-10-14(16(23)17(20)24)15-11(21(10)9-19)6-5-7-12(15)25-8-13(22)26-18(2,3)4;1-10-14(16(22)17(19)23)15-11(20(10)9-26)6-5-7-12(15)24-8-13(21)25-18(2,3)4;1-2(3)4;/h3-8H,9-12H2,1-2H3,(H2,29,39)(H2,30,40)(H,33,34)(H,35,36);5-7H,8-9H2,1-4H3,(H2,20,24);5-7,26H,8-9H2,1-4H3,(H2,19,23);1H3,(H,3,4);/q;;;;+1/p-1. The molecule has 10 N–H and O–H groups in total. The van der Waals surface area contributed by atoms with Crippen molar-refractivity contribution in [3.8, 4) is 23.0 Å². The molecule has 0 saturated carbocycles. The molecule has 8 rings (SSSR count). The number of thiol groups is 1. The molecule has 4 amide bonds. The fourth-order valence-corrected chi connectivity index (χ4v) is 12.4. The molecular weight excluding hydrogens is 1440 g/mol. The molecule has 0 aliphatic heterocycles. The van der Waals surface area contributed by atoms with Crippen molar-refractivity contribution in [2.75, 3.05) is 26.4 Å². The van der Waals surface area contributed by atoms with Crippen molar-refractivity contribution in [2.24, 2.45) is 22.9 Å². The maximum Gasteiger partial charge on any atom is 1.00 e. The van der Waals surface area contributed by atoms with Crippen molar-refractivity contribution < 1.29 is 131 Å². The molecule has 100 heavy (non-hydrogen) atoms. The fourth-order valence-electron chi connectivity index (χ4n) is 10.2. The first kappa shape index (κ1) is 83.2. The summed E-state index contributed by atoms with van der Waals surface area (Å²) >= 11 is 13.0. The molecule has 0 unspecified atom stereocenters. The van der Waals surface area contributed by atoms with E-state index in [2.05, 4.69) is 41.2 Å². The summed E-state index contributed by atoms with van der Waals surface area (Å²) in [5.41, 5.74) is 24.7. The fraction of sp³-hybridized carbons (Fsp3) is 0.318. The topological polar surface area (TPSA) is 442 Å². The normalized spacial score (nSPS) is 10.9. The number of hydrogen-bond acceptors (Lipinski definition) is 22. The predicted octanol–water partition coefficient (Wildman–Crippen LogP) is 3.82. The Kier molecular flexibility index (Phi) is 29.7. The summed E-state index contributed by atoms with van der Waals surface area (Å²) in [6.45, 7) is 16.5. The van der Waals surface area contributed by atoms with Crippen LogP contribution in [0, 0.1) is 27.7 Å². The van der Waals surface area contributed by atoms with Gasteiger partial charge in [0.05, 0.1) is 88.9 Å². The number of esters is 2. The number of rotatable bonds is 26. The Bertz CT molecular complexity index is 4300. The quantitative estimate of drug-likeness (QED) is 0.00770. The molecule has 4 aromatic carbocycles. The number of benzene rings is 4. The molecule has 0 aliphatic carbocycles. The largest absolute Gasteiger partial charge is 1.00 e. The van der Waals surface area contributed by atoms with E-state index in [0.29, 0.717) is 78.4 Å². The summed E-state index contributed by atoms with van der Waals surface area (Å²) in [5.74, 6) is -10.1. The number of aliphatic carboxylic acids is 2. The van der Waals surface area contributed by atoms with Gasteiger partial charge in [0.2, 0.25) is 0 Å². The van der Waals surface area contributed by atoms with E-state index in [0.717, 1.165) is 0 Å². The Morgan fingerprint density at radius 3 is 0.940 bits per heavy atom. The number of halogens is 1. The minimum atomic E-state index is -1.23. The summed E-state index contributed by atoms with van der Waals surface area (Å²) in [6.07, 6.45) is 0. The molecule has 34 heteroatoms. The van der Waals surface area contributed by atoms with E-state index >= 15 is 0 Å². The summed E-state index contributed by atoms with van der Waals surface area (Å²) in [7, 11) is 0. The average Bonchev–Trinajstić information content (AvgIpc) is 1.63. The smallest absolute Gasteiger partial charge is 0.742 e. The van der Waals surface area contributed by atoms with Gasteiger partial charge in [-0.05, 0) is 125 Å². The predicted molar refractivity (Wildman–Crippen MR) is 373 cm³/mol. The number of carbonyl (C=O) groups excluding carboxylic acids is 11. The van der Waals surface area contributed by atoms with Crippen LogP contribution < -0.4 is 71.4 Å². The zero-order valence-electron chi connectivity index (χ0n) is 56.5. The zero-order chi connectivity index (χ0) is 74.5. The monoisotopic (exact) mass is 1510 g/mol. The second kappa shape index (κ2) is 35.7. The van der Waals surface area contributed by atoms with Crippen molar-refractivity contribution >= 4 is 172 Å². The van der Waals surface area contributed by atoms with Crippen molar-refractivity contribution in [1.29, 1.82) is 0 Å². The SMILES string of the molecule is CC(=O)[S-].Cc1c(C(=O)C(N)=O)c2c(OCC(=O)O)cccc2n1CSCn1c(C)c(C(=O)C(N)=O)c2c(OCC(=O)O)cccc21.Cc1c(C(=O)C(N)=O)c2c(OCC(=O)OC(C)(C)C)cccc2n1CBr.Cc1c(C(=O)C(N)=O)c2c(OCC(=O)OC(C)(C)C)cccc2n1CS.[Na+]. The maximum absolute atomic E-state index is 12.8. The molecule has 29 nitrogen and oxygen atoms in total. The third-order valence-electron chi connectivity index (χ3n) is 14.0. The van der Waals surface area contributed by atoms with Crippen LogP contribution in [-0.4, -0.2) is 142 Å². The van der Waals surface area contributed by atoms with E-state index in [1.165, 1.54) is 30.8 Å². The Morgan fingerprint density at radius 2 is 0.700 bits per heavy atom. The zero-order valence-corrected chi connectivity index (χ0v) is 62.6. The van der Waals surface area contributed by atoms with Crippen molar-refractivity contribution in [2.45, 2.75) is 110 Å². The number of amides is 4. The number of ketones is 4. The van der Waals surface area contributed by atoms with Crippen LogP contribution in [0.2, 0.25) is 0 Å². The Labute approximate surface area is 617 Å². The molecule has 4 heterocycles. The van der Waals surface area contributed by atoms with Gasteiger partial charge in [-0.1, -0.05) is 40.2 Å². The third-order valence-corrected chi connectivity index (χ3v) is 15.7.